The van der Waals surface area contributed by atoms with E-state index in [0.29, 0.717) is 5.88 Å². The molecule has 0 aliphatic heterocycles. The first kappa shape index (κ1) is 10.4. The zero-order valence-electron chi connectivity index (χ0n) is 9.18. The summed E-state index contributed by atoms with van der Waals surface area (Å²) in [5.41, 5.74) is 1.80. The number of hydrogen-bond acceptors (Lipinski definition) is 4. The second-order valence-corrected chi connectivity index (χ2v) is 3.34. The van der Waals surface area contributed by atoms with E-state index in [9.17, 15) is 0 Å². The van der Waals surface area contributed by atoms with E-state index >= 15 is 0 Å². The molecule has 2 rings (SSSR count). The van der Waals surface area contributed by atoms with Crippen molar-refractivity contribution in [3.63, 3.8) is 0 Å². The van der Waals surface area contributed by atoms with Gasteiger partial charge in [0.25, 0.3) is 5.88 Å². The van der Waals surface area contributed by atoms with E-state index in [1.165, 1.54) is 0 Å². The maximum Gasteiger partial charge on any atom is 0.250 e. The summed E-state index contributed by atoms with van der Waals surface area (Å²) in [5, 5.41) is 3.75. The number of aliphatic imine (C=N–C) groups is 1. The van der Waals surface area contributed by atoms with Crippen LogP contribution in [-0.2, 0) is 0 Å². The van der Waals surface area contributed by atoms with Crippen LogP contribution in [0, 0.1) is 6.92 Å². The molecular weight excluding hydrogens is 204 g/mol. The summed E-state index contributed by atoms with van der Waals surface area (Å²) in [6.45, 7) is 1.86. The Labute approximate surface area is 93.6 Å². The summed E-state index contributed by atoms with van der Waals surface area (Å²) in [6, 6.07) is 9.39. The van der Waals surface area contributed by atoms with Gasteiger partial charge in [-0.15, -0.1) is 0 Å². The molecule has 0 aliphatic carbocycles. The van der Waals surface area contributed by atoms with E-state index in [0.717, 1.165) is 17.0 Å². The van der Waals surface area contributed by atoms with Gasteiger partial charge in [0.2, 0.25) is 0 Å². The average molecular weight is 216 g/mol. The standard InChI is InChI=1S/C12H12N2O2/c1-9-7-12(16-14-9)13-8-10-3-5-11(15-2)6-4-10/h3-8H,1-2H3/b13-8+. The lowest BCUT2D eigenvalue weighted by Crippen LogP contribution is -1.83. The number of aryl methyl sites for hydroxylation is 1. The number of rotatable bonds is 3. The van der Waals surface area contributed by atoms with E-state index in [1.807, 2.05) is 31.2 Å². The molecule has 2 aromatic rings. The average Bonchev–Trinajstić information content (AvgIpc) is 2.73. The Balaban J connectivity index is 2.11. The number of aromatic nitrogens is 1. The quantitative estimate of drug-likeness (QED) is 0.741. The summed E-state index contributed by atoms with van der Waals surface area (Å²) < 4.78 is 10.0. The van der Waals surface area contributed by atoms with Crippen molar-refractivity contribution < 1.29 is 9.26 Å². The molecule has 82 valence electrons. The molecule has 1 heterocycles. The zero-order chi connectivity index (χ0) is 11.4. The smallest absolute Gasteiger partial charge is 0.250 e. The Hall–Kier alpha value is -2.10. The predicted molar refractivity (Wildman–Crippen MR) is 61.5 cm³/mol. The molecule has 1 aromatic heterocycles. The number of nitrogens with zero attached hydrogens (tertiary/aromatic N) is 2. The first-order chi connectivity index (χ1) is 7.78. The SMILES string of the molecule is COc1ccc(/C=N/c2cc(C)no2)cc1. The van der Waals surface area contributed by atoms with Crippen LogP contribution in [0.3, 0.4) is 0 Å². The van der Waals surface area contributed by atoms with E-state index < -0.39 is 0 Å². The number of hydrogen-bond donors (Lipinski definition) is 0. The molecule has 0 spiro atoms. The highest BCUT2D eigenvalue weighted by atomic mass is 16.5. The minimum atomic E-state index is 0.508. The van der Waals surface area contributed by atoms with Crippen LogP contribution in [0.5, 0.6) is 5.75 Å². The second kappa shape index (κ2) is 4.61. The molecule has 0 fully saturated rings. The molecule has 0 unspecified atom stereocenters. The fourth-order valence-corrected chi connectivity index (χ4v) is 1.24. The first-order valence-electron chi connectivity index (χ1n) is 4.89. The van der Waals surface area contributed by atoms with Crippen molar-refractivity contribution in [3.8, 4) is 5.75 Å². The first-order valence-corrected chi connectivity index (χ1v) is 4.89. The molecule has 0 saturated carbocycles. The topological polar surface area (TPSA) is 47.6 Å². The molecule has 0 aliphatic rings. The van der Waals surface area contributed by atoms with Crippen LogP contribution < -0.4 is 4.74 Å². The molecule has 0 radical (unpaired) electrons. The summed E-state index contributed by atoms with van der Waals surface area (Å²) in [6.07, 6.45) is 1.72. The van der Waals surface area contributed by atoms with E-state index in [-0.39, 0.29) is 0 Å². The van der Waals surface area contributed by atoms with Gasteiger partial charge in [0.15, 0.2) is 0 Å². The molecule has 4 heteroatoms. The third kappa shape index (κ3) is 2.48. The van der Waals surface area contributed by atoms with Gasteiger partial charge < -0.3 is 9.26 Å². The van der Waals surface area contributed by atoms with Crippen LogP contribution in [0.2, 0.25) is 0 Å². The lowest BCUT2D eigenvalue weighted by molar-refractivity contribution is 0.415. The summed E-state index contributed by atoms with van der Waals surface area (Å²) in [4.78, 5) is 4.16. The van der Waals surface area contributed by atoms with Crippen LogP contribution in [0.15, 0.2) is 39.8 Å². The third-order valence-corrected chi connectivity index (χ3v) is 2.07. The molecule has 0 atom stereocenters. The molecule has 0 bridgehead atoms. The van der Waals surface area contributed by atoms with E-state index in [4.69, 9.17) is 9.26 Å². The van der Waals surface area contributed by atoms with Crippen molar-refractivity contribution in [2.45, 2.75) is 6.92 Å². The van der Waals surface area contributed by atoms with Gasteiger partial charge in [-0.2, -0.15) is 0 Å². The van der Waals surface area contributed by atoms with Crippen LogP contribution >= 0.6 is 0 Å². The fourth-order valence-electron chi connectivity index (χ4n) is 1.24. The van der Waals surface area contributed by atoms with Crippen molar-refractivity contribution >= 4 is 12.1 Å². The Morgan fingerprint density at radius 1 is 1.31 bits per heavy atom. The van der Waals surface area contributed by atoms with Gasteiger partial charge in [-0.3, -0.25) is 0 Å². The summed E-state index contributed by atoms with van der Waals surface area (Å²) >= 11 is 0. The van der Waals surface area contributed by atoms with Gasteiger partial charge in [0.05, 0.1) is 12.8 Å². The molecule has 0 amide bonds. The van der Waals surface area contributed by atoms with Crippen LogP contribution in [0.4, 0.5) is 5.88 Å². The normalized spacial score (nSPS) is 10.9. The Morgan fingerprint density at radius 2 is 2.06 bits per heavy atom. The number of methoxy groups -OCH3 is 1. The summed E-state index contributed by atoms with van der Waals surface area (Å²) in [5.74, 6) is 1.33. The van der Waals surface area contributed by atoms with Crippen LogP contribution in [-0.4, -0.2) is 18.5 Å². The fraction of sp³-hybridized carbons (Fsp3) is 0.167. The lowest BCUT2D eigenvalue weighted by atomic mass is 10.2. The van der Waals surface area contributed by atoms with E-state index in [1.54, 1.807) is 19.4 Å². The predicted octanol–water partition coefficient (Wildman–Crippen LogP) is 2.74. The molecule has 1 aromatic carbocycles. The van der Waals surface area contributed by atoms with Crippen LogP contribution in [0.25, 0.3) is 0 Å². The van der Waals surface area contributed by atoms with Gasteiger partial charge in [-0.05, 0) is 36.8 Å². The minimum Gasteiger partial charge on any atom is -0.497 e. The second-order valence-electron chi connectivity index (χ2n) is 3.34. The van der Waals surface area contributed by atoms with E-state index in [2.05, 4.69) is 10.1 Å². The van der Waals surface area contributed by atoms with Gasteiger partial charge >= 0.3 is 0 Å². The highest BCUT2D eigenvalue weighted by Crippen LogP contribution is 2.14. The van der Waals surface area contributed by atoms with Gasteiger partial charge in [0.1, 0.15) is 5.75 Å². The van der Waals surface area contributed by atoms with Crippen molar-refractivity contribution in [1.29, 1.82) is 0 Å². The summed E-state index contributed by atoms with van der Waals surface area (Å²) in [7, 11) is 1.64. The molecule has 16 heavy (non-hydrogen) atoms. The Bertz CT molecular complexity index is 486. The monoisotopic (exact) mass is 216 g/mol. The molecule has 0 N–H and O–H groups in total. The lowest BCUT2D eigenvalue weighted by Gasteiger charge is -1.98. The maximum absolute atomic E-state index is 5.06. The van der Waals surface area contributed by atoms with Crippen molar-refractivity contribution in [2.24, 2.45) is 4.99 Å². The molecule has 0 saturated heterocycles. The minimum absolute atomic E-state index is 0.508. The molecule has 4 nitrogen and oxygen atoms in total. The highest BCUT2D eigenvalue weighted by Gasteiger charge is 1.96. The van der Waals surface area contributed by atoms with Gasteiger partial charge in [0, 0.05) is 12.3 Å². The van der Waals surface area contributed by atoms with Crippen molar-refractivity contribution in [2.75, 3.05) is 7.11 Å². The largest absolute Gasteiger partial charge is 0.497 e. The highest BCUT2D eigenvalue weighted by molar-refractivity contribution is 5.81. The van der Waals surface area contributed by atoms with Gasteiger partial charge in [-0.1, -0.05) is 5.16 Å². The number of ether oxygens (including phenoxy) is 1. The number of benzene rings is 1. The maximum atomic E-state index is 5.06. The van der Waals surface area contributed by atoms with Gasteiger partial charge in [-0.25, -0.2) is 4.99 Å². The van der Waals surface area contributed by atoms with Crippen molar-refractivity contribution in [3.05, 3.63) is 41.6 Å². The Morgan fingerprint density at radius 3 is 2.62 bits per heavy atom. The zero-order valence-corrected chi connectivity index (χ0v) is 9.18. The van der Waals surface area contributed by atoms with Crippen molar-refractivity contribution in [1.82, 2.24) is 5.16 Å². The molecular formula is C12H12N2O2. The van der Waals surface area contributed by atoms with Crippen LogP contribution in [0.1, 0.15) is 11.3 Å². The Kier molecular flexibility index (Phi) is 3.00. The third-order valence-electron chi connectivity index (χ3n) is 2.07.